The Kier molecular flexibility index (Phi) is 3.19. The lowest BCUT2D eigenvalue weighted by atomic mass is 10.1. The maximum Gasteiger partial charge on any atom is 0.0993 e. The Labute approximate surface area is 126 Å². The van der Waals surface area contributed by atoms with Crippen LogP contribution in [0.25, 0.3) is 16.6 Å². The number of hydrogen-bond donors (Lipinski definition) is 1. The first kappa shape index (κ1) is 13.4. The van der Waals surface area contributed by atoms with Crippen molar-refractivity contribution >= 4 is 26.8 Å². The van der Waals surface area contributed by atoms with E-state index in [-0.39, 0.29) is 0 Å². The Morgan fingerprint density at radius 2 is 1.70 bits per heavy atom. The van der Waals surface area contributed by atoms with Gasteiger partial charge in [0.1, 0.15) is 0 Å². The van der Waals surface area contributed by atoms with Crippen molar-refractivity contribution in [1.29, 1.82) is 0 Å². The molecular formula is C17H16BrNO. The van der Waals surface area contributed by atoms with Crippen LogP contribution >= 0.6 is 15.9 Å². The molecule has 0 aliphatic rings. The molecule has 0 aliphatic heterocycles. The van der Waals surface area contributed by atoms with Gasteiger partial charge < -0.3 is 9.67 Å². The van der Waals surface area contributed by atoms with E-state index in [1.807, 2.05) is 38.1 Å². The summed E-state index contributed by atoms with van der Waals surface area (Å²) in [4.78, 5) is 0. The molecule has 3 heteroatoms. The van der Waals surface area contributed by atoms with Crippen LogP contribution in [0.15, 0.2) is 59.1 Å². The lowest BCUT2D eigenvalue weighted by molar-refractivity contribution is 0.0725. The SMILES string of the molecule is CC(C)(O)c1cc2ccc(Br)cc2n1-c1ccccc1. The van der Waals surface area contributed by atoms with Gasteiger partial charge in [-0.05, 0) is 44.2 Å². The van der Waals surface area contributed by atoms with Crippen molar-refractivity contribution in [3.8, 4) is 5.69 Å². The zero-order valence-electron chi connectivity index (χ0n) is 11.5. The van der Waals surface area contributed by atoms with Gasteiger partial charge in [-0.3, -0.25) is 0 Å². The van der Waals surface area contributed by atoms with Gasteiger partial charge in [-0.15, -0.1) is 0 Å². The molecule has 2 aromatic carbocycles. The van der Waals surface area contributed by atoms with E-state index in [1.165, 1.54) is 0 Å². The fraction of sp³-hybridized carbons (Fsp3) is 0.176. The van der Waals surface area contributed by atoms with Gasteiger partial charge >= 0.3 is 0 Å². The molecule has 0 aliphatic carbocycles. The van der Waals surface area contributed by atoms with Crippen LogP contribution in [0.2, 0.25) is 0 Å². The highest BCUT2D eigenvalue weighted by atomic mass is 79.9. The number of para-hydroxylation sites is 1. The first-order valence-electron chi connectivity index (χ1n) is 6.56. The van der Waals surface area contributed by atoms with Gasteiger partial charge in [0.05, 0.1) is 16.8 Å². The first-order valence-corrected chi connectivity index (χ1v) is 7.35. The van der Waals surface area contributed by atoms with Crippen LogP contribution in [0.3, 0.4) is 0 Å². The summed E-state index contributed by atoms with van der Waals surface area (Å²) in [5.74, 6) is 0. The minimum absolute atomic E-state index is 0.886. The molecule has 2 nitrogen and oxygen atoms in total. The Balaban J connectivity index is 2.40. The van der Waals surface area contributed by atoms with Gasteiger partial charge in [-0.1, -0.05) is 40.2 Å². The van der Waals surface area contributed by atoms with Gasteiger partial charge in [0, 0.05) is 15.5 Å². The van der Waals surface area contributed by atoms with Crippen molar-refractivity contribution in [2.45, 2.75) is 19.4 Å². The summed E-state index contributed by atoms with van der Waals surface area (Å²) in [5.41, 5.74) is 2.12. The molecule has 1 aromatic heterocycles. The summed E-state index contributed by atoms with van der Waals surface area (Å²) >= 11 is 3.52. The van der Waals surface area contributed by atoms with Crippen LogP contribution < -0.4 is 0 Å². The smallest absolute Gasteiger partial charge is 0.0993 e. The quantitative estimate of drug-likeness (QED) is 0.729. The molecule has 3 rings (SSSR count). The zero-order chi connectivity index (χ0) is 14.3. The maximum absolute atomic E-state index is 10.5. The molecule has 0 spiro atoms. The molecule has 0 unspecified atom stereocenters. The third-order valence-corrected chi connectivity index (χ3v) is 3.90. The van der Waals surface area contributed by atoms with Crippen LogP contribution in [0, 0.1) is 0 Å². The van der Waals surface area contributed by atoms with Gasteiger partial charge in [0.25, 0.3) is 0 Å². The first-order chi connectivity index (χ1) is 9.47. The number of nitrogens with zero attached hydrogens (tertiary/aromatic N) is 1. The number of fused-ring (bicyclic) bond motifs is 1. The molecule has 1 N–H and O–H groups in total. The molecule has 1 heterocycles. The molecule has 0 saturated carbocycles. The van der Waals surface area contributed by atoms with E-state index in [4.69, 9.17) is 0 Å². The van der Waals surface area contributed by atoms with Crippen molar-refractivity contribution in [3.63, 3.8) is 0 Å². The Morgan fingerprint density at radius 3 is 2.35 bits per heavy atom. The van der Waals surface area contributed by atoms with E-state index in [0.717, 1.165) is 26.8 Å². The molecule has 0 fully saturated rings. The number of aromatic nitrogens is 1. The Hall–Kier alpha value is -1.58. The highest BCUT2D eigenvalue weighted by molar-refractivity contribution is 9.10. The molecular weight excluding hydrogens is 314 g/mol. The molecule has 20 heavy (non-hydrogen) atoms. The van der Waals surface area contributed by atoms with E-state index < -0.39 is 5.60 Å². The van der Waals surface area contributed by atoms with Crippen molar-refractivity contribution < 1.29 is 5.11 Å². The molecule has 0 bridgehead atoms. The minimum atomic E-state index is -0.901. The number of hydrogen-bond acceptors (Lipinski definition) is 1. The molecule has 0 atom stereocenters. The normalized spacial score (nSPS) is 12.0. The van der Waals surface area contributed by atoms with Crippen molar-refractivity contribution in [2.75, 3.05) is 0 Å². The van der Waals surface area contributed by atoms with Gasteiger partial charge in [-0.2, -0.15) is 0 Å². The largest absolute Gasteiger partial charge is 0.384 e. The van der Waals surface area contributed by atoms with Gasteiger partial charge in [0.15, 0.2) is 0 Å². The molecule has 3 aromatic rings. The average molecular weight is 330 g/mol. The standard InChI is InChI=1S/C17H16BrNO/c1-17(2,20)16-10-12-8-9-13(18)11-15(12)19(16)14-6-4-3-5-7-14/h3-11,20H,1-2H3. The van der Waals surface area contributed by atoms with Gasteiger partial charge in [0.2, 0.25) is 0 Å². The Morgan fingerprint density at radius 1 is 1.00 bits per heavy atom. The summed E-state index contributed by atoms with van der Waals surface area (Å²) < 4.78 is 3.14. The number of benzene rings is 2. The van der Waals surface area contributed by atoms with E-state index >= 15 is 0 Å². The van der Waals surface area contributed by atoms with Crippen LogP contribution in [0.1, 0.15) is 19.5 Å². The van der Waals surface area contributed by atoms with Crippen LogP contribution in [0.4, 0.5) is 0 Å². The van der Waals surface area contributed by atoms with Crippen LogP contribution in [0.5, 0.6) is 0 Å². The second-order valence-electron chi connectivity index (χ2n) is 5.46. The third-order valence-electron chi connectivity index (χ3n) is 3.41. The summed E-state index contributed by atoms with van der Waals surface area (Å²) in [7, 11) is 0. The fourth-order valence-electron chi connectivity index (χ4n) is 2.48. The Bertz CT molecular complexity index is 754. The number of aliphatic hydroxyl groups is 1. The van der Waals surface area contributed by atoms with E-state index in [9.17, 15) is 5.11 Å². The highest BCUT2D eigenvalue weighted by Gasteiger charge is 2.23. The summed E-state index contributed by atoms with van der Waals surface area (Å²) in [6.07, 6.45) is 0. The lowest BCUT2D eigenvalue weighted by Gasteiger charge is -2.21. The van der Waals surface area contributed by atoms with Crippen molar-refractivity contribution in [1.82, 2.24) is 4.57 Å². The highest BCUT2D eigenvalue weighted by Crippen LogP contribution is 2.32. The average Bonchev–Trinajstić information content (AvgIpc) is 2.78. The van der Waals surface area contributed by atoms with Crippen LogP contribution in [-0.2, 0) is 5.60 Å². The lowest BCUT2D eigenvalue weighted by Crippen LogP contribution is -2.20. The molecule has 0 amide bonds. The minimum Gasteiger partial charge on any atom is -0.384 e. The second-order valence-corrected chi connectivity index (χ2v) is 6.38. The number of halogens is 1. The summed E-state index contributed by atoms with van der Waals surface area (Å²) in [6, 6.07) is 18.3. The molecule has 102 valence electrons. The monoisotopic (exact) mass is 329 g/mol. The van der Waals surface area contributed by atoms with Crippen LogP contribution in [-0.4, -0.2) is 9.67 Å². The predicted molar refractivity (Wildman–Crippen MR) is 86.2 cm³/mol. The van der Waals surface area contributed by atoms with Crippen molar-refractivity contribution in [3.05, 3.63) is 64.8 Å². The zero-order valence-corrected chi connectivity index (χ0v) is 13.1. The van der Waals surface area contributed by atoms with E-state index in [0.29, 0.717) is 0 Å². The van der Waals surface area contributed by atoms with Gasteiger partial charge in [-0.25, -0.2) is 0 Å². The summed E-state index contributed by atoms with van der Waals surface area (Å²) in [6.45, 7) is 3.63. The maximum atomic E-state index is 10.5. The fourth-order valence-corrected chi connectivity index (χ4v) is 2.83. The van der Waals surface area contributed by atoms with Crippen molar-refractivity contribution in [2.24, 2.45) is 0 Å². The molecule has 0 saturated heterocycles. The third kappa shape index (κ3) is 2.28. The molecule has 0 radical (unpaired) electrons. The van der Waals surface area contributed by atoms with E-state index in [2.05, 4.69) is 50.8 Å². The topological polar surface area (TPSA) is 25.2 Å². The predicted octanol–water partition coefficient (Wildman–Crippen LogP) is 4.62. The summed E-state index contributed by atoms with van der Waals surface area (Å²) in [5, 5.41) is 11.6. The van der Waals surface area contributed by atoms with E-state index in [1.54, 1.807) is 0 Å². The number of rotatable bonds is 2. The second kappa shape index (κ2) is 4.76.